The van der Waals surface area contributed by atoms with E-state index in [0.29, 0.717) is 5.56 Å². The summed E-state index contributed by atoms with van der Waals surface area (Å²) in [5.74, 6) is -0.171. The molecule has 0 aromatic heterocycles. The van der Waals surface area contributed by atoms with E-state index in [9.17, 15) is 4.39 Å². The number of aryl methyl sites for hydroxylation is 2. The lowest BCUT2D eigenvalue weighted by Gasteiger charge is -2.21. The van der Waals surface area contributed by atoms with Crippen LogP contribution in [-0.2, 0) is 0 Å². The minimum Gasteiger partial charge on any atom is -0.306 e. The minimum absolute atomic E-state index is 0.0293. The van der Waals surface area contributed by atoms with Crippen molar-refractivity contribution in [1.29, 1.82) is 0 Å². The molecule has 2 aromatic carbocycles. The molecule has 0 bridgehead atoms. The molecule has 0 fully saturated rings. The Kier molecular flexibility index (Phi) is 5.38. The maximum Gasteiger partial charge on any atom is 0.126 e. The summed E-state index contributed by atoms with van der Waals surface area (Å²) in [6, 6.07) is 11.3. The van der Waals surface area contributed by atoms with Gasteiger partial charge in [0.1, 0.15) is 5.82 Å². The molecular formula is C18H21ClFN. The van der Waals surface area contributed by atoms with E-state index in [1.54, 1.807) is 6.92 Å². The van der Waals surface area contributed by atoms with Gasteiger partial charge in [-0.1, -0.05) is 36.7 Å². The topological polar surface area (TPSA) is 12.0 Å². The Morgan fingerprint density at radius 2 is 1.86 bits per heavy atom. The molecule has 112 valence electrons. The quantitative estimate of drug-likeness (QED) is 0.802. The van der Waals surface area contributed by atoms with Crippen LogP contribution in [0.5, 0.6) is 0 Å². The van der Waals surface area contributed by atoms with Crippen molar-refractivity contribution in [2.75, 3.05) is 6.54 Å². The second-order valence-electron chi connectivity index (χ2n) is 5.46. The highest BCUT2D eigenvalue weighted by Crippen LogP contribution is 2.27. The number of halogens is 2. The summed E-state index contributed by atoms with van der Waals surface area (Å²) in [7, 11) is 0. The van der Waals surface area contributed by atoms with E-state index < -0.39 is 0 Å². The molecule has 0 aliphatic carbocycles. The van der Waals surface area contributed by atoms with Gasteiger partial charge in [-0.2, -0.15) is 0 Å². The Bertz CT molecular complexity index is 604. The summed E-state index contributed by atoms with van der Waals surface area (Å²) >= 11 is 6.18. The standard InChI is InChI=1S/C18H21ClFN/c1-4-7-21-18(14-5-6-17(20)13(3)10-14)15-8-12(2)9-16(19)11-15/h5-6,8-11,18,21H,4,7H2,1-3H3. The largest absolute Gasteiger partial charge is 0.306 e. The molecule has 21 heavy (non-hydrogen) atoms. The lowest BCUT2D eigenvalue weighted by molar-refractivity contribution is 0.590. The van der Waals surface area contributed by atoms with Crippen LogP contribution in [0.15, 0.2) is 36.4 Å². The Hall–Kier alpha value is -1.38. The van der Waals surface area contributed by atoms with Gasteiger partial charge in [-0.05, 0) is 67.3 Å². The summed E-state index contributed by atoms with van der Waals surface area (Å²) in [6.45, 7) is 6.84. The number of benzene rings is 2. The van der Waals surface area contributed by atoms with Crippen LogP contribution in [-0.4, -0.2) is 6.54 Å². The second kappa shape index (κ2) is 7.06. The first kappa shape index (κ1) is 16.0. The molecule has 0 radical (unpaired) electrons. The number of rotatable bonds is 5. The molecule has 0 aliphatic heterocycles. The van der Waals surface area contributed by atoms with Crippen LogP contribution in [0.4, 0.5) is 4.39 Å². The molecule has 2 rings (SSSR count). The average Bonchev–Trinajstić information content (AvgIpc) is 2.42. The number of hydrogen-bond acceptors (Lipinski definition) is 1. The molecule has 1 nitrogen and oxygen atoms in total. The van der Waals surface area contributed by atoms with Gasteiger partial charge in [-0.3, -0.25) is 0 Å². The van der Waals surface area contributed by atoms with Crippen molar-refractivity contribution < 1.29 is 4.39 Å². The highest BCUT2D eigenvalue weighted by Gasteiger charge is 2.15. The van der Waals surface area contributed by atoms with E-state index >= 15 is 0 Å². The molecule has 1 N–H and O–H groups in total. The van der Waals surface area contributed by atoms with Crippen LogP contribution in [0.3, 0.4) is 0 Å². The highest BCUT2D eigenvalue weighted by molar-refractivity contribution is 6.30. The summed E-state index contributed by atoms with van der Waals surface area (Å²) in [5, 5.41) is 4.25. The molecular weight excluding hydrogens is 285 g/mol. The fraction of sp³-hybridized carbons (Fsp3) is 0.333. The zero-order valence-electron chi connectivity index (χ0n) is 12.7. The fourth-order valence-corrected chi connectivity index (χ4v) is 2.79. The molecule has 0 saturated carbocycles. The van der Waals surface area contributed by atoms with Crippen molar-refractivity contribution in [2.24, 2.45) is 0 Å². The molecule has 0 amide bonds. The van der Waals surface area contributed by atoms with Gasteiger partial charge >= 0.3 is 0 Å². The van der Waals surface area contributed by atoms with Crippen molar-refractivity contribution in [3.05, 3.63) is 69.5 Å². The first-order valence-corrected chi connectivity index (χ1v) is 7.65. The summed E-state index contributed by atoms with van der Waals surface area (Å²) in [4.78, 5) is 0. The first-order chi connectivity index (χ1) is 10.0. The van der Waals surface area contributed by atoms with Crippen LogP contribution in [0.25, 0.3) is 0 Å². The van der Waals surface area contributed by atoms with E-state index in [1.807, 2.05) is 31.2 Å². The van der Waals surface area contributed by atoms with Crippen LogP contribution < -0.4 is 5.32 Å². The van der Waals surface area contributed by atoms with E-state index in [-0.39, 0.29) is 11.9 Å². The number of nitrogens with one attached hydrogen (secondary N) is 1. The predicted octanol–water partition coefficient (Wildman–Crippen LogP) is 5.18. The monoisotopic (exact) mass is 305 g/mol. The van der Waals surface area contributed by atoms with Crippen LogP contribution in [0.2, 0.25) is 5.02 Å². The third kappa shape index (κ3) is 4.05. The summed E-state index contributed by atoms with van der Waals surface area (Å²) in [6.07, 6.45) is 1.04. The lowest BCUT2D eigenvalue weighted by Crippen LogP contribution is -2.23. The Labute approximate surface area is 131 Å². The Balaban J connectivity index is 2.43. The molecule has 0 spiro atoms. The zero-order valence-corrected chi connectivity index (χ0v) is 13.5. The van der Waals surface area contributed by atoms with Crippen LogP contribution in [0.1, 0.15) is 41.6 Å². The Morgan fingerprint density at radius 1 is 1.10 bits per heavy atom. The molecule has 0 heterocycles. The van der Waals surface area contributed by atoms with Gasteiger partial charge in [0.25, 0.3) is 0 Å². The van der Waals surface area contributed by atoms with Gasteiger partial charge in [0.2, 0.25) is 0 Å². The molecule has 2 aromatic rings. The molecule has 1 atom stereocenters. The number of hydrogen-bond donors (Lipinski definition) is 1. The lowest BCUT2D eigenvalue weighted by atomic mass is 9.96. The second-order valence-corrected chi connectivity index (χ2v) is 5.89. The van der Waals surface area contributed by atoms with Gasteiger partial charge in [-0.25, -0.2) is 4.39 Å². The third-order valence-corrected chi connectivity index (χ3v) is 3.73. The smallest absolute Gasteiger partial charge is 0.126 e. The third-order valence-electron chi connectivity index (χ3n) is 3.51. The van der Waals surface area contributed by atoms with Gasteiger partial charge in [0.05, 0.1) is 6.04 Å². The fourth-order valence-electron chi connectivity index (χ4n) is 2.50. The molecule has 0 aliphatic rings. The Morgan fingerprint density at radius 3 is 2.48 bits per heavy atom. The average molecular weight is 306 g/mol. The van der Waals surface area contributed by atoms with Gasteiger partial charge in [0, 0.05) is 5.02 Å². The van der Waals surface area contributed by atoms with Crippen molar-refractivity contribution in [3.63, 3.8) is 0 Å². The normalized spacial score (nSPS) is 12.4. The maximum atomic E-state index is 13.5. The predicted molar refractivity (Wildman–Crippen MR) is 87.5 cm³/mol. The van der Waals surface area contributed by atoms with Crippen molar-refractivity contribution in [1.82, 2.24) is 5.32 Å². The molecule has 3 heteroatoms. The van der Waals surface area contributed by atoms with Crippen LogP contribution >= 0.6 is 11.6 Å². The SMILES string of the molecule is CCCNC(c1cc(C)cc(Cl)c1)c1ccc(F)c(C)c1. The highest BCUT2D eigenvalue weighted by atomic mass is 35.5. The van der Waals surface area contributed by atoms with E-state index in [0.717, 1.165) is 34.7 Å². The maximum absolute atomic E-state index is 13.5. The zero-order chi connectivity index (χ0) is 15.4. The van der Waals surface area contributed by atoms with Gasteiger partial charge in [0.15, 0.2) is 0 Å². The van der Waals surface area contributed by atoms with Crippen molar-refractivity contribution >= 4 is 11.6 Å². The van der Waals surface area contributed by atoms with Gasteiger partial charge in [-0.15, -0.1) is 0 Å². The summed E-state index contributed by atoms with van der Waals surface area (Å²) in [5.41, 5.74) is 3.96. The van der Waals surface area contributed by atoms with Crippen LogP contribution in [0, 0.1) is 19.7 Å². The van der Waals surface area contributed by atoms with E-state index in [1.165, 1.54) is 6.07 Å². The van der Waals surface area contributed by atoms with Crippen molar-refractivity contribution in [3.8, 4) is 0 Å². The molecule has 0 saturated heterocycles. The molecule has 1 unspecified atom stereocenters. The van der Waals surface area contributed by atoms with Crippen molar-refractivity contribution in [2.45, 2.75) is 33.2 Å². The first-order valence-electron chi connectivity index (χ1n) is 7.27. The van der Waals surface area contributed by atoms with E-state index in [4.69, 9.17) is 11.6 Å². The summed E-state index contributed by atoms with van der Waals surface area (Å²) < 4.78 is 13.5. The van der Waals surface area contributed by atoms with E-state index in [2.05, 4.69) is 18.3 Å². The van der Waals surface area contributed by atoms with Gasteiger partial charge < -0.3 is 5.32 Å². The minimum atomic E-state index is -0.171.